The average molecular weight is 354 g/mol. The molecule has 1 aliphatic heterocycles. The Kier molecular flexibility index (Phi) is 6.20. The molecule has 1 aliphatic rings. The molecule has 1 fully saturated rings. The molecule has 2 heterocycles. The number of nitrogens with one attached hydrogen (secondary N) is 2. The minimum absolute atomic E-state index is 0.0843. The van der Waals surface area contributed by atoms with Gasteiger partial charge in [0, 0.05) is 31.5 Å². The molecular formula is C20H26N4O2. The smallest absolute Gasteiger partial charge is 0.241 e. The van der Waals surface area contributed by atoms with Crippen molar-refractivity contribution in [1.82, 2.24) is 20.7 Å². The van der Waals surface area contributed by atoms with E-state index in [9.17, 15) is 9.90 Å². The van der Waals surface area contributed by atoms with Crippen molar-refractivity contribution < 1.29 is 9.90 Å². The van der Waals surface area contributed by atoms with Crippen LogP contribution in [-0.4, -0.2) is 33.0 Å². The molecule has 0 spiro atoms. The van der Waals surface area contributed by atoms with Gasteiger partial charge in [-0.2, -0.15) is 0 Å². The number of hydrazine groups is 1. The first-order valence-electron chi connectivity index (χ1n) is 9.12. The van der Waals surface area contributed by atoms with Crippen molar-refractivity contribution in [3.63, 3.8) is 0 Å². The van der Waals surface area contributed by atoms with Crippen LogP contribution in [0, 0.1) is 0 Å². The number of nitrogens with zero attached hydrogens (tertiary/aromatic N) is 2. The van der Waals surface area contributed by atoms with Crippen LogP contribution in [0.5, 0.6) is 5.75 Å². The van der Waals surface area contributed by atoms with Crippen LogP contribution in [0.15, 0.2) is 48.8 Å². The van der Waals surface area contributed by atoms with Gasteiger partial charge in [-0.1, -0.05) is 25.5 Å². The molecule has 2 aromatic rings. The Balaban J connectivity index is 1.73. The molecule has 138 valence electrons. The van der Waals surface area contributed by atoms with E-state index in [1.54, 1.807) is 24.5 Å². The van der Waals surface area contributed by atoms with Gasteiger partial charge in [0.2, 0.25) is 5.91 Å². The first-order valence-corrected chi connectivity index (χ1v) is 9.12. The number of rotatable bonds is 7. The monoisotopic (exact) mass is 354 g/mol. The van der Waals surface area contributed by atoms with E-state index in [2.05, 4.69) is 22.8 Å². The van der Waals surface area contributed by atoms with Crippen molar-refractivity contribution in [3.05, 3.63) is 59.9 Å². The van der Waals surface area contributed by atoms with Gasteiger partial charge >= 0.3 is 0 Å². The van der Waals surface area contributed by atoms with Crippen molar-refractivity contribution in [2.24, 2.45) is 0 Å². The minimum Gasteiger partial charge on any atom is -0.508 e. The third-order valence-corrected chi connectivity index (χ3v) is 4.66. The highest BCUT2D eigenvalue weighted by atomic mass is 16.3. The number of aromatic nitrogens is 1. The number of carbonyl (C=O) groups is 1. The first-order chi connectivity index (χ1) is 12.7. The van der Waals surface area contributed by atoms with Crippen molar-refractivity contribution in [2.75, 3.05) is 0 Å². The second kappa shape index (κ2) is 8.78. The fraction of sp³-hybridized carbons (Fsp3) is 0.400. The Morgan fingerprint density at radius 1 is 1.12 bits per heavy atom. The number of phenols is 1. The largest absolute Gasteiger partial charge is 0.508 e. The van der Waals surface area contributed by atoms with Gasteiger partial charge < -0.3 is 10.0 Å². The molecule has 3 rings (SSSR count). The van der Waals surface area contributed by atoms with Gasteiger partial charge in [0.15, 0.2) is 0 Å². The summed E-state index contributed by atoms with van der Waals surface area (Å²) in [5.41, 5.74) is 8.43. The highest BCUT2D eigenvalue weighted by Crippen LogP contribution is 2.18. The van der Waals surface area contributed by atoms with Crippen LogP contribution in [0.25, 0.3) is 0 Å². The number of phenolic OH excluding ortho intramolecular Hbond substituents is 1. The minimum atomic E-state index is -0.217. The predicted molar refractivity (Wildman–Crippen MR) is 100.0 cm³/mol. The van der Waals surface area contributed by atoms with Crippen molar-refractivity contribution >= 4 is 5.91 Å². The summed E-state index contributed by atoms with van der Waals surface area (Å²) in [5, 5.41) is 9.48. The maximum atomic E-state index is 13.1. The van der Waals surface area contributed by atoms with Crippen LogP contribution < -0.4 is 10.9 Å². The molecule has 3 N–H and O–H groups in total. The second-order valence-electron chi connectivity index (χ2n) is 6.78. The summed E-state index contributed by atoms with van der Waals surface area (Å²) < 4.78 is 0. The molecule has 2 unspecified atom stereocenters. The number of hydrogen-bond donors (Lipinski definition) is 3. The average Bonchev–Trinajstić information content (AvgIpc) is 3.12. The van der Waals surface area contributed by atoms with E-state index in [-0.39, 0.29) is 17.7 Å². The molecule has 0 bridgehead atoms. The zero-order valence-corrected chi connectivity index (χ0v) is 15.1. The maximum Gasteiger partial charge on any atom is 0.241 e. The van der Waals surface area contributed by atoms with Gasteiger partial charge in [0.05, 0.1) is 0 Å². The van der Waals surface area contributed by atoms with E-state index in [1.165, 1.54) is 0 Å². The van der Waals surface area contributed by atoms with Crippen LogP contribution in [0.4, 0.5) is 0 Å². The fourth-order valence-electron chi connectivity index (χ4n) is 3.28. The molecule has 1 saturated heterocycles. The summed E-state index contributed by atoms with van der Waals surface area (Å²) in [6.45, 7) is 3.17. The fourth-order valence-corrected chi connectivity index (χ4v) is 3.28. The van der Waals surface area contributed by atoms with Crippen molar-refractivity contribution in [3.8, 4) is 5.75 Å². The zero-order valence-electron chi connectivity index (χ0n) is 15.1. The van der Waals surface area contributed by atoms with E-state index >= 15 is 0 Å². The maximum absolute atomic E-state index is 13.1. The first kappa shape index (κ1) is 18.4. The molecule has 26 heavy (non-hydrogen) atoms. The van der Waals surface area contributed by atoms with Gasteiger partial charge in [-0.25, -0.2) is 5.43 Å². The number of benzene rings is 1. The Morgan fingerprint density at radius 3 is 2.42 bits per heavy atom. The number of hydrogen-bond acceptors (Lipinski definition) is 5. The van der Waals surface area contributed by atoms with Crippen LogP contribution in [0.2, 0.25) is 0 Å². The normalized spacial score (nSPS) is 19.4. The SMILES string of the molecule is CCCC1CC(C(=O)N(Cc2ccncc2)Cc2ccc(O)cc2)NN1. The summed E-state index contributed by atoms with van der Waals surface area (Å²) in [7, 11) is 0. The van der Waals surface area contributed by atoms with Crippen molar-refractivity contribution in [2.45, 2.75) is 51.4 Å². The predicted octanol–water partition coefficient (Wildman–Crippen LogP) is 2.35. The Morgan fingerprint density at radius 2 is 1.77 bits per heavy atom. The quantitative estimate of drug-likeness (QED) is 0.711. The molecular weight excluding hydrogens is 328 g/mol. The second-order valence-corrected chi connectivity index (χ2v) is 6.78. The lowest BCUT2D eigenvalue weighted by molar-refractivity contribution is -0.134. The molecule has 0 aliphatic carbocycles. The Hall–Kier alpha value is -2.44. The molecule has 1 aromatic heterocycles. The topological polar surface area (TPSA) is 77.5 Å². The molecule has 0 radical (unpaired) electrons. The standard InChI is InChI=1S/C20H26N4O2/c1-2-3-17-12-19(23-22-17)20(26)24(14-16-8-10-21-11-9-16)13-15-4-6-18(25)7-5-15/h4-11,17,19,22-23,25H,2-3,12-14H2,1H3. The molecule has 0 saturated carbocycles. The van der Waals surface area contributed by atoms with Crippen LogP contribution in [0.1, 0.15) is 37.3 Å². The zero-order chi connectivity index (χ0) is 18.4. The van der Waals surface area contributed by atoms with E-state index in [4.69, 9.17) is 0 Å². The summed E-state index contributed by atoms with van der Waals surface area (Å²) in [5.74, 6) is 0.311. The summed E-state index contributed by atoms with van der Waals surface area (Å²) >= 11 is 0. The van der Waals surface area contributed by atoms with Gasteiger partial charge in [-0.15, -0.1) is 0 Å². The van der Waals surface area contributed by atoms with Crippen LogP contribution in [-0.2, 0) is 17.9 Å². The van der Waals surface area contributed by atoms with Crippen LogP contribution >= 0.6 is 0 Å². The molecule has 1 aromatic carbocycles. The van der Waals surface area contributed by atoms with Gasteiger partial charge in [-0.3, -0.25) is 15.2 Å². The third-order valence-electron chi connectivity index (χ3n) is 4.66. The van der Waals surface area contributed by atoms with E-state index in [1.807, 2.05) is 29.2 Å². The molecule has 1 amide bonds. The van der Waals surface area contributed by atoms with Crippen molar-refractivity contribution in [1.29, 1.82) is 0 Å². The lowest BCUT2D eigenvalue weighted by Gasteiger charge is -2.26. The number of aromatic hydroxyl groups is 1. The molecule has 2 atom stereocenters. The van der Waals surface area contributed by atoms with Gasteiger partial charge in [0.25, 0.3) is 0 Å². The highest BCUT2D eigenvalue weighted by molar-refractivity contribution is 5.82. The van der Waals surface area contributed by atoms with Gasteiger partial charge in [0.1, 0.15) is 11.8 Å². The number of pyridine rings is 1. The third kappa shape index (κ3) is 4.80. The Labute approximate surface area is 154 Å². The lowest BCUT2D eigenvalue weighted by Crippen LogP contribution is -2.45. The van der Waals surface area contributed by atoms with E-state index in [0.717, 1.165) is 30.4 Å². The summed E-state index contributed by atoms with van der Waals surface area (Å²) in [4.78, 5) is 19.0. The summed E-state index contributed by atoms with van der Waals surface area (Å²) in [6, 6.07) is 11.0. The van der Waals surface area contributed by atoms with E-state index in [0.29, 0.717) is 19.1 Å². The highest BCUT2D eigenvalue weighted by Gasteiger charge is 2.31. The summed E-state index contributed by atoms with van der Waals surface area (Å²) in [6.07, 6.45) is 6.43. The van der Waals surface area contributed by atoms with Gasteiger partial charge in [-0.05, 0) is 48.2 Å². The Bertz CT molecular complexity index is 706. The van der Waals surface area contributed by atoms with E-state index < -0.39 is 0 Å². The number of amides is 1. The lowest BCUT2D eigenvalue weighted by atomic mass is 10.0. The number of carbonyl (C=O) groups excluding carboxylic acids is 1. The van der Waals surface area contributed by atoms with Crippen LogP contribution in [0.3, 0.4) is 0 Å². The molecule has 6 nitrogen and oxygen atoms in total. The molecule has 6 heteroatoms.